The Labute approximate surface area is 449 Å². The van der Waals surface area contributed by atoms with Crippen molar-refractivity contribution in [3.8, 4) is 0 Å². The van der Waals surface area contributed by atoms with Gasteiger partial charge in [-0.05, 0) is 44.9 Å². The first kappa shape index (κ1) is 68.3. The Bertz CT molecular complexity index is 1380. The lowest BCUT2D eigenvalue weighted by molar-refractivity contribution is -0.359. The minimum absolute atomic E-state index is 0.250. The number of carbonyl (C=O) groups excluding carboxylic acids is 1. The van der Waals surface area contributed by atoms with E-state index in [2.05, 4.69) is 43.5 Å². The number of rotatable bonds is 48. The molecule has 12 unspecified atom stereocenters. The van der Waals surface area contributed by atoms with Gasteiger partial charge in [0.15, 0.2) is 12.6 Å². The van der Waals surface area contributed by atoms with Crippen LogP contribution in [-0.2, 0) is 23.7 Å². The number of carbonyl (C=O) groups is 1. The summed E-state index contributed by atoms with van der Waals surface area (Å²) >= 11 is 0. The Morgan fingerprint density at radius 1 is 0.473 bits per heavy atom. The average molecular weight is 1050 g/mol. The van der Waals surface area contributed by atoms with Crippen LogP contribution in [0.15, 0.2) is 36.5 Å². The third-order valence-corrected chi connectivity index (χ3v) is 14.8. The molecule has 0 aromatic rings. The van der Waals surface area contributed by atoms with Crippen molar-refractivity contribution in [2.24, 2.45) is 0 Å². The van der Waals surface area contributed by atoms with Crippen molar-refractivity contribution >= 4 is 5.91 Å². The average Bonchev–Trinajstić information content (AvgIpc) is 3.40. The number of unbranched alkanes of at least 4 members (excludes halogenated alkanes) is 31. The summed E-state index contributed by atoms with van der Waals surface area (Å²) in [4.78, 5) is 13.3. The molecule has 0 spiro atoms. The summed E-state index contributed by atoms with van der Waals surface area (Å²) in [6, 6.07) is -0.935. The summed E-state index contributed by atoms with van der Waals surface area (Å²) in [5, 5.41) is 87.1. The zero-order chi connectivity index (χ0) is 53.9. The molecule has 0 aliphatic carbocycles. The van der Waals surface area contributed by atoms with Crippen LogP contribution in [0.1, 0.15) is 245 Å². The summed E-state index contributed by atoms with van der Waals surface area (Å²) < 4.78 is 22.8. The minimum Gasteiger partial charge on any atom is -0.394 e. The second-order valence-electron chi connectivity index (χ2n) is 21.5. The lowest BCUT2D eigenvalue weighted by atomic mass is 9.97. The van der Waals surface area contributed by atoms with E-state index in [9.17, 15) is 45.6 Å². The van der Waals surface area contributed by atoms with Gasteiger partial charge < -0.3 is 65.1 Å². The van der Waals surface area contributed by atoms with Gasteiger partial charge in [-0.2, -0.15) is 0 Å². The molecule has 0 aromatic carbocycles. The van der Waals surface area contributed by atoms with Crippen molar-refractivity contribution in [1.29, 1.82) is 0 Å². The summed E-state index contributed by atoms with van der Waals surface area (Å²) in [5.74, 6) is -0.250. The van der Waals surface area contributed by atoms with E-state index in [-0.39, 0.29) is 18.9 Å². The van der Waals surface area contributed by atoms with Gasteiger partial charge >= 0.3 is 0 Å². The maximum absolute atomic E-state index is 13.3. The van der Waals surface area contributed by atoms with Gasteiger partial charge in [0.25, 0.3) is 0 Å². The van der Waals surface area contributed by atoms with E-state index in [0.717, 1.165) is 44.9 Å². The van der Waals surface area contributed by atoms with Crippen LogP contribution in [0.25, 0.3) is 0 Å². The third-order valence-electron chi connectivity index (χ3n) is 14.8. The van der Waals surface area contributed by atoms with Crippen LogP contribution in [-0.4, -0.2) is 140 Å². The number of nitrogens with one attached hydrogen (secondary N) is 1. The Hall–Kier alpha value is -1.79. The van der Waals surface area contributed by atoms with E-state index in [1.807, 2.05) is 6.08 Å². The fourth-order valence-corrected chi connectivity index (χ4v) is 9.91. The molecule has 2 fully saturated rings. The topological polar surface area (TPSA) is 228 Å². The molecule has 2 heterocycles. The predicted octanol–water partition coefficient (Wildman–Crippen LogP) is 10.2. The van der Waals surface area contributed by atoms with E-state index < -0.39 is 86.8 Å². The zero-order valence-corrected chi connectivity index (χ0v) is 46.6. The molecule has 14 nitrogen and oxygen atoms in total. The molecule has 2 saturated heterocycles. The highest BCUT2D eigenvalue weighted by Crippen LogP contribution is 2.30. The number of aliphatic hydroxyl groups is 8. The number of amides is 1. The molecule has 1 amide bonds. The first-order valence-electron chi connectivity index (χ1n) is 30.2. The quantitative estimate of drug-likeness (QED) is 0.0204. The molecule has 0 radical (unpaired) electrons. The second kappa shape index (κ2) is 46.2. The van der Waals surface area contributed by atoms with E-state index in [1.54, 1.807) is 6.08 Å². The molecule has 434 valence electrons. The lowest BCUT2D eigenvalue weighted by Gasteiger charge is -2.46. The molecule has 2 aliphatic rings. The Morgan fingerprint density at radius 3 is 1.32 bits per heavy atom. The number of hydrogen-bond donors (Lipinski definition) is 9. The number of hydrogen-bond acceptors (Lipinski definition) is 13. The first-order valence-corrected chi connectivity index (χ1v) is 30.2. The van der Waals surface area contributed by atoms with Crippen LogP contribution in [0, 0.1) is 0 Å². The van der Waals surface area contributed by atoms with Gasteiger partial charge in [-0.15, -0.1) is 0 Å². The lowest BCUT2D eigenvalue weighted by Crippen LogP contribution is -2.65. The zero-order valence-electron chi connectivity index (χ0n) is 46.6. The second-order valence-corrected chi connectivity index (χ2v) is 21.5. The van der Waals surface area contributed by atoms with E-state index >= 15 is 0 Å². The Balaban J connectivity index is 1.79. The number of ether oxygens (including phenoxy) is 4. The molecule has 74 heavy (non-hydrogen) atoms. The summed E-state index contributed by atoms with van der Waals surface area (Å²) in [5.41, 5.74) is 0. The molecule has 14 heteroatoms. The SMILES string of the molecule is CCCCCCCCCCCC/C=C/CC/C=C/CC/C=C/C(O)C(COC1OC(CO)C(OC2OC(CO)C(O)C(O)C2O)C(O)C1O)NC(=O)CCCCCCCCCCCCCCCCCCCCCC. The summed E-state index contributed by atoms with van der Waals surface area (Å²) in [6.07, 6.45) is 39.0. The van der Waals surface area contributed by atoms with Crippen molar-refractivity contribution in [2.45, 2.75) is 319 Å². The standard InChI is InChI=1S/C60H111NO13/c1-3-5-7-9-11-13-15-17-19-21-23-25-27-29-31-33-35-37-39-41-43-49(64)48(61-52(65)44-42-40-38-36-34-32-30-28-26-24-22-20-18-16-14-12-10-8-6-4-2)47-71-59-57(70)55(68)58(51(46-63)73-59)74-60-56(69)54(67)53(66)50(45-62)72-60/h25,27,33,35,41,43,48-51,53-60,62-64,66-70H,3-24,26,28-32,34,36-40,42,44-47H2,1-2H3,(H,61,65)/b27-25+,35-33+,43-41+. The highest BCUT2D eigenvalue weighted by Gasteiger charge is 2.51. The minimum atomic E-state index is -1.79. The molecule has 0 saturated carbocycles. The van der Waals surface area contributed by atoms with Gasteiger partial charge in [0.1, 0.15) is 48.8 Å². The van der Waals surface area contributed by atoms with E-state index in [4.69, 9.17) is 18.9 Å². The van der Waals surface area contributed by atoms with Gasteiger partial charge in [-0.1, -0.05) is 230 Å². The normalized spacial score (nSPS) is 25.4. The largest absolute Gasteiger partial charge is 0.394 e. The van der Waals surface area contributed by atoms with Crippen LogP contribution < -0.4 is 5.32 Å². The summed E-state index contributed by atoms with van der Waals surface area (Å²) in [6.45, 7) is 2.79. The Morgan fingerprint density at radius 2 is 0.865 bits per heavy atom. The van der Waals surface area contributed by atoms with Crippen molar-refractivity contribution < 1.29 is 64.6 Å². The van der Waals surface area contributed by atoms with Crippen LogP contribution in [0.5, 0.6) is 0 Å². The van der Waals surface area contributed by atoms with Crippen LogP contribution in [0.2, 0.25) is 0 Å². The Kier molecular flexibility index (Phi) is 42.6. The molecule has 0 bridgehead atoms. The summed E-state index contributed by atoms with van der Waals surface area (Å²) in [7, 11) is 0. The maximum atomic E-state index is 13.3. The molecule has 0 aromatic heterocycles. The monoisotopic (exact) mass is 1050 g/mol. The fraction of sp³-hybridized carbons (Fsp3) is 0.883. The third kappa shape index (κ3) is 31.6. The smallest absolute Gasteiger partial charge is 0.220 e. The number of allylic oxidation sites excluding steroid dienone is 5. The molecular formula is C60H111NO13. The van der Waals surface area contributed by atoms with Gasteiger partial charge in [0.05, 0.1) is 32.0 Å². The first-order chi connectivity index (χ1) is 36.1. The van der Waals surface area contributed by atoms with Crippen LogP contribution >= 0.6 is 0 Å². The fourth-order valence-electron chi connectivity index (χ4n) is 9.91. The van der Waals surface area contributed by atoms with E-state index in [0.29, 0.717) is 12.8 Å². The predicted molar refractivity (Wildman–Crippen MR) is 295 cm³/mol. The highest BCUT2D eigenvalue weighted by atomic mass is 16.7. The molecular weight excluding hydrogens is 943 g/mol. The van der Waals surface area contributed by atoms with Crippen molar-refractivity contribution in [3.63, 3.8) is 0 Å². The molecule has 9 N–H and O–H groups in total. The van der Waals surface area contributed by atoms with Crippen molar-refractivity contribution in [2.75, 3.05) is 19.8 Å². The van der Waals surface area contributed by atoms with E-state index in [1.165, 1.54) is 167 Å². The van der Waals surface area contributed by atoms with Gasteiger partial charge in [0.2, 0.25) is 5.91 Å². The van der Waals surface area contributed by atoms with Crippen LogP contribution in [0.3, 0.4) is 0 Å². The van der Waals surface area contributed by atoms with Gasteiger partial charge in [0, 0.05) is 6.42 Å². The molecule has 2 rings (SSSR count). The van der Waals surface area contributed by atoms with Crippen molar-refractivity contribution in [1.82, 2.24) is 5.32 Å². The van der Waals surface area contributed by atoms with Gasteiger partial charge in [-0.25, -0.2) is 0 Å². The van der Waals surface area contributed by atoms with Gasteiger partial charge in [-0.3, -0.25) is 4.79 Å². The maximum Gasteiger partial charge on any atom is 0.220 e. The highest BCUT2D eigenvalue weighted by molar-refractivity contribution is 5.76. The van der Waals surface area contributed by atoms with Crippen molar-refractivity contribution in [3.05, 3.63) is 36.5 Å². The molecule has 12 atom stereocenters. The number of aliphatic hydroxyl groups excluding tert-OH is 8. The van der Waals surface area contributed by atoms with Crippen LogP contribution in [0.4, 0.5) is 0 Å². The molecule has 2 aliphatic heterocycles.